The molecule has 2 aromatic carbocycles. The average Bonchev–Trinajstić information content (AvgIpc) is 3.18. The summed E-state index contributed by atoms with van der Waals surface area (Å²) in [4.78, 5) is 88.3. The molecule has 6 rings (SSSR count). The Kier molecular flexibility index (Phi) is 13.1. The van der Waals surface area contributed by atoms with E-state index < -0.39 is 83.9 Å². The highest BCUT2D eigenvalue weighted by molar-refractivity contribution is 5.98. The Morgan fingerprint density at radius 1 is 0.696 bits per heavy atom. The molecule has 3 aliphatic heterocycles. The van der Waals surface area contributed by atoms with Gasteiger partial charge in [0.1, 0.15) is 53.9 Å². The van der Waals surface area contributed by atoms with E-state index in [9.17, 15) is 33.9 Å². The Morgan fingerprint density at radius 2 is 1.27 bits per heavy atom. The first-order valence-corrected chi connectivity index (χ1v) is 19.0. The minimum Gasteiger partial charge on any atom is -0.497 e. The van der Waals surface area contributed by atoms with Crippen molar-refractivity contribution >= 4 is 35.4 Å². The highest BCUT2D eigenvalue weighted by Gasteiger charge is 2.41. The van der Waals surface area contributed by atoms with Crippen LogP contribution in [0.2, 0.25) is 0 Å². The quantitative estimate of drug-likeness (QED) is 0.330. The molecule has 1 aliphatic carbocycles. The van der Waals surface area contributed by atoms with E-state index in [2.05, 4.69) is 16.0 Å². The van der Waals surface area contributed by atoms with Gasteiger partial charge >= 0.3 is 0 Å². The van der Waals surface area contributed by atoms with Crippen molar-refractivity contribution in [3.8, 4) is 11.5 Å². The maximum atomic E-state index is 14.7. The minimum atomic E-state index is -1.14. The summed E-state index contributed by atoms with van der Waals surface area (Å²) in [6.45, 7) is 6.35. The fourth-order valence-corrected chi connectivity index (χ4v) is 7.53. The van der Waals surface area contributed by atoms with Gasteiger partial charge in [0.2, 0.25) is 35.4 Å². The van der Waals surface area contributed by atoms with Gasteiger partial charge in [0.05, 0.1) is 13.2 Å². The predicted molar refractivity (Wildman–Crippen MR) is 206 cm³/mol. The highest BCUT2D eigenvalue weighted by atomic mass is 16.5. The molecule has 6 bridgehead atoms. The molecule has 1 fully saturated rings. The lowest BCUT2D eigenvalue weighted by atomic mass is 9.81. The van der Waals surface area contributed by atoms with Crippen LogP contribution in [0.3, 0.4) is 0 Å². The molecule has 15 heteroatoms. The van der Waals surface area contributed by atoms with E-state index in [0.29, 0.717) is 22.6 Å². The van der Waals surface area contributed by atoms with E-state index in [1.165, 1.54) is 63.7 Å². The third-order valence-corrected chi connectivity index (χ3v) is 11.3. The molecule has 9 unspecified atom stereocenters. The summed E-state index contributed by atoms with van der Waals surface area (Å²) < 4.78 is 11.6. The number of fused-ring (bicyclic) bond motifs is 2. The molecule has 3 heterocycles. The Balaban J connectivity index is 1.57. The van der Waals surface area contributed by atoms with Gasteiger partial charge in [0.15, 0.2) is 0 Å². The number of likely N-dealkylation sites (N-methyl/N-ethyl adjacent to an activating group) is 3. The van der Waals surface area contributed by atoms with Gasteiger partial charge in [-0.05, 0) is 69.0 Å². The number of aliphatic hydroxyl groups excluding tert-OH is 1. The van der Waals surface area contributed by atoms with Gasteiger partial charge in [0, 0.05) is 39.9 Å². The predicted octanol–water partition coefficient (Wildman–Crippen LogP) is 0.967. The van der Waals surface area contributed by atoms with E-state index in [4.69, 9.17) is 9.47 Å². The number of ether oxygens (including phenoxy) is 2. The number of methoxy groups -OCH3 is 1. The van der Waals surface area contributed by atoms with Gasteiger partial charge in [0.25, 0.3) is 0 Å². The van der Waals surface area contributed by atoms with Gasteiger partial charge in [-0.2, -0.15) is 0 Å². The van der Waals surface area contributed by atoms with Crippen molar-refractivity contribution in [2.75, 3.05) is 28.3 Å². The molecule has 0 radical (unpaired) electrons. The first-order valence-electron chi connectivity index (χ1n) is 19.0. The maximum absolute atomic E-state index is 14.7. The maximum Gasteiger partial charge on any atom is 0.246 e. The number of benzene rings is 2. The van der Waals surface area contributed by atoms with Crippen molar-refractivity contribution in [1.29, 1.82) is 0 Å². The Hall–Kier alpha value is -5.44. The highest BCUT2D eigenvalue weighted by Crippen LogP contribution is 2.33. The molecule has 0 spiro atoms. The van der Waals surface area contributed by atoms with E-state index in [-0.39, 0.29) is 31.6 Å². The first-order chi connectivity index (χ1) is 26.5. The second-order valence-electron chi connectivity index (χ2n) is 15.1. The third-order valence-electron chi connectivity index (χ3n) is 11.3. The van der Waals surface area contributed by atoms with Crippen molar-refractivity contribution in [2.24, 2.45) is 5.92 Å². The number of amides is 6. The third kappa shape index (κ3) is 9.15. The van der Waals surface area contributed by atoms with Crippen molar-refractivity contribution in [3.63, 3.8) is 0 Å². The second kappa shape index (κ2) is 17.6. The zero-order chi connectivity index (χ0) is 41.0. The van der Waals surface area contributed by atoms with Gasteiger partial charge in [-0.3, -0.25) is 28.8 Å². The molecule has 15 nitrogen and oxygen atoms in total. The van der Waals surface area contributed by atoms with Crippen LogP contribution in [0, 0.1) is 5.92 Å². The standard InChI is InChI=1S/C41H54N6O9/c1-22-28-13-18-34(48)35(22)56-30-16-11-27(12-17-30)20-33-41(54)46(6)32(21-28)38(51)42-23(2)36(49)43-24(3)39(52)45(5)31(19-26-9-14-29(55-8)15-10-26)37(50)44-25(4)40(53)47(33)7/h9-17,22-25,31-35,48H,18-21H2,1-8H3,(H,42,51)(H,43,49)(H,44,50). The average molecular weight is 775 g/mol. The number of nitrogens with zero attached hydrogens (tertiary/aromatic N) is 3. The minimum absolute atomic E-state index is 0.0554. The van der Waals surface area contributed by atoms with Crippen LogP contribution in [-0.2, 0) is 41.6 Å². The number of nitrogens with one attached hydrogen (secondary N) is 3. The fraction of sp³-hybridized carbons (Fsp3) is 0.512. The molecule has 56 heavy (non-hydrogen) atoms. The summed E-state index contributed by atoms with van der Waals surface area (Å²) in [7, 11) is 5.95. The van der Waals surface area contributed by atoms with E-state index in [1.807, 2.05) is 13.0 Å². The molecule has 0 saturated carbocycles. The first kappa shape index (κ1) is 41.7. The van der Waals surface area contributed by atoms with Crippen LogP contribution in [0.4, 0.5) is 0 Å². The van der Waals surface area contributed by atoms with E-state index in [1.54, 1.807) is 48.5 Å². The Labute approximate surface area is 327 Å². The van der Waals surface area contributed by atoms with Crippen LogP contribution in [0.1, 0.15) is 51.7 Å². The molecule has 0 aromatic heterocycles. The molecule has 6 amide bonds. The summed E-state index contributed by atoms with van der Waals surface area (Å²) >= 11 is 0. The van der Waals surface area contributed by atoms with Crippen molar-refractivity contribution < 1.29 is 43.3 Å². The van der Waals surface area contributed by atoms with Crippen molar-refractivity contribution in [1.82, 2.24) is 30.7 Å². The van der Waals surface area contributed by atoms with Gasteiger partial charge in [-0.15, -0.1) is 0 Å². The summed E-state index contributed by atoms with van der Waals surface area (Å²) in [5.74, 6) is -2.80. The van der Waals surface area contributed by atoms with Crippen LogP contribution in [0.15, 0.2) is 60.2 Å². The fourth-order valence-electron chi connectivity index (χ4n) is 7.53. The Bertz CT molecular complexity index is 1830. The largest absolute Gasteiger partial charge is 0.497 e. The van der Waals surface area contributed by atoms with Crippen LogP contribution >= 0.6 is 0 Å². The van der Waals surface area contributed by atoms with Gasteiger partial charge in [-0.1, -0.05) is 42.8 Å². The van der Waals surface area contributed by atoms with E-state index >= 15 is 0 Å². The number of hydrogen-bond donors (Lipinski definition) is 4. The van der Waals surface area contributed by atoms with E-state index in [0.717, 1.165) is 5.57 Å². The van der Waals surface area contributed by atoms with Crippen LogP contribution < -0.4 is 25.4 Å². The molecule has 9 atom stereocenters. The second-order valence-corrected chi connectivity index (χ2v) is 15.1. The summed E-state index contributed by atoms with van der Waals surface area (Å²) in [5.41, 5.74) is 2.18. The molecule has 2 aromatic rings. The number of carbonyl (C=O) groups excluding carboxylic acids is 6. The van der Waals surface area contributed by atoms with Crippen molar-refractivity contribution in [3.05, 3.63) is 71.3 Å². The SMILES string of the molecule is COc1ccc(CC2C(=O)NC(C)C(=O)N(C)C3Cc4ccc(cc4)OC4C(O)CC=C(CC(C(=O)NC(C)C(=O)NC(C)C(=O)N2C)N(C)C3=O)C4C)cc1. The smallest absolute Gasteiger partial charge is 0.246 e. The van der Waals surface area contributed by atoms with Gasteiger partial charge < -0.3 is 45.2 Å². The Morgan fingerprint density at radius 3 is 1.89 bits per heavy atom. The van der Waals surface area contributed by atoms with Gasteiger partial charge in [-0.25, -0.2) is 0 Å². The van der Waals surface area contributed by atoms with Crippen molar-refractivity contribution in [2.45, 2.75) is 102 Å². The lowest BCUT2D eigenvalue weighted by Crippen LogP contribution is -2.61. The zero-order valence-corrected chi connectivity index (χ0v) is 33.3. The number of carbonyl (C=O) groups is 6. The lowest BCUT2D eigenvalue weighted by molar-refractivity contribution is -0.149. The molecule has 1 saturated heterocycles. The number of hydrogen-bond acceptors (Lipinski definition) is 9. The number of rotatable bonds is 3. The molecule has 302 valence electrons. The van der Waals surface area contributed by atoms with Crippen LogP contribution in [-0.4, -0.2) is 132 Å². The molecular weight excluding hydrogens is 720 g/mol. The molecular formula is C41H54N6O9. The summed E-state index contributed by atoms with van der Waals surface area (Å²) in [6, 6.07) is 7.32. The van der Waals surface area contributed by atoms with Crippen LogP contribution in [0.25, 0.3) is 0 Å². The van der Waals surface area contributed by atoms with Crippen LogP contribution in [0.5, 0.6) is 11.5 Å². The monoisotopic (exact) mass is 774 g/mol. The molecule has 4 aliphatic rings. The lowest BCUT2D eigenvalue weighted by Gasteiger charge is -2.39. The molecule has 4 N–H and O–H groups in total. The topological polar surface area (TPSA) is 187 Å². The number of aliphatic hydroxyl groups is 1. The summed E-state index contributed by atoms with van der Waals surface area (Å²) in [5, 5.41) is 19.1. The normalized spacial score (nSPS) is 30.0. The summed E-state index contributed by atoms with van der Waals surface area (Å²) in [6.07, 6.45) is 0.858. The zero-order valence-electron chi connectivity index (χ0n) is 33.3.